The number of ether oxygens (including phenoxy) is 1. The fourth-order valence-corrected chi connectivity index (χ4v) is 3.56. The highest BCUT2D eigenvalue weighted by molar-refractivity contribution is 5.87. The largest absolute Gasteiger partial charge is 0.452 e. The SMILES string of the molecule is NC1=N[C@](CF)(c2cc(Nc3nccc4nc(C(F)(F)F)cnc34)ccc2F)C[C@@H](C(F)(F)F)O1. The Balaban J connectivity index is 1.74. The Hall–Kier alpha value is -3.78. The Morgan fingerprint density at radius 2 is 1.86 bits per heavy atom. The Bertz CT molecular complexity index is 1290. The van der Waals surface area contributed by atoms with Crippen LogP contribution < -0.4 is 11.1 Å². The first-order valence-electron chi connectivity index (χ1n) is 9.73. The van der Waals surface area contributed by atoms with Crippen molar-refractivity contribution in [2.75, 3.05) is 12.0 Å². The van der Waals surface area contributed by atoms with Gasteiger partial charge in [-0.2, -0.15) is 26.3 Å². The number of anilines is 2. The maximum atomic E-state index is 14.7. The highest BCUT2D eigenvalue weighted by Crippen LogP contribution is 2.42. The maximum Gasteiger partial charge on any atom is 0.434 e. The van der Waals surface area contributed by atoms with E-state index in [-0.39, 0.29) is 22.5 Å². The minimum Gasteiger partial charge on any atom is -0.452 e. The second-order valence-electron chi connectivity index (χ2n) is 7.57. The van der Waals surface area contributed by atoms with Crippen LogP contribution in [0.4, 0.5) is 46.6 Å². The van der Waals surface area contributed by atoms with Gasteiger partial charge < -0.3 is 15.8 Å². The average molecular weight is 506 g/mol. The number of benzene rings is 1. The van der Waals surface area contributed by atoms with Crippen LogP contribution in [0.5, 0.6) is 0 Å². The molecule has 0 amide bonds. The van der Waals surface area contributed by atoms with Crippen molar-refractivity contribution in [2.24, 2.45) is 10.7 Å². The number of nitrogens with two attached hydrogens (primary N) is 1. The van der Waals surface area contributed by atoms with Crippen LogP contribution in [-0.4, -0.2) is 39.9 Å². The molecule has 1 aromatic carbocycles. The smallest absolute Gasteiger partial charge is 0.434 e. The molecule has 3 aromatic rings. The fraction of sp³-hybridized carbons (Fsp3) is 0.300. The molecule has 0 fully saturated rings. The molecule has 0 aliphatic carbocycles. The zero-order chi connectivity index (χ0) is 25.6. The topological polar surface area (TPSA) is 98.3 Å². The maximum absolute atomic E-state index is 14.7. The van der Waals surface area contributed by atoms with Crippen molar-refractivity contribution < 1.29 is 39.9 Å². The minimum atomic E-state index is -4.92. The number of nitrogens with one attached hydrogen (secondary N) is 1. The van der Waals surface area contributed by atoms with Crippen LogP contribution in [0.15, 0.2) is 41.7 Å². The van der Waals surface area contributed by atoms with Gasteiger partial charge in [-0.3, -0.25) is 0 Å². The number of hydrogen-bond acceptors (Lipinski definition) is 7. The first-order chi connectivity index (χ1) is 16.3. The molecule has 3 N–H and O–H groups in total. The molecule has 0 spiro atoms. The molecule has 0 bridgehead atoms. The van der Waals surface area contributed by atoms with E-state index < -0.39 is 60.2 Å². The number of amidine groups is 1. The van der Waals surface area contributed by atoms with Gasteiger partial charge in [-0.1, -0.05) is 0 Å². The summed E-state index contributed by atoms with van der Waals surface area (Å²) < 4.78 is 112. The van der Waals surface area contributed by atoms with Crippen molar-refractivity contribution in [1.82, 2.24) is 15.0 Å². The Morgan fingerprint density at radius 1 is 1.11 bits per heavy atom. The van der Waals surface area contributed by atoms with E-state index in [1.807, 2.05) is 0 Å². The standard InChI is InChI=1S/C20H14F8N6O/c21-8-18(6-14(20(26,27)28)35-17(29)34-18)10-5-9(1-2-11(10)22)32-16-15-12(3-4-30-16)33-13(7-31-15)19(23,24)25/h1-5,7,14H,6,8H2,(H2,29,34)(H,30,32)/t14-,18+/m0/s1. The van der Waals surface area contributed by atoms with Crippen LogP contribution in [0.25, 0.3) is 11.0 Å². The molecular formula is C20H14F8N6O. The zero-order valence-corrected chi connectivity index (χ0v) is 17.3. The number of rotatable bonds is 4. The van der Waals surface area contributed by atoms with Gasteiger partial charge in [0.1, 0.15) is 23.5 Å². The Labute approximate surface area is 191 Å². The van der Waals surface area contributed by atoms with Crippen LogP contribution in [0.2, 0.25) is 0 Å². The average Bonchev–Trinajstić information content (AvgIpc) is 2.78. The molecular weight excluding hydrogens is 492 g/mol. The summed E-state index contributed by atoms with van der Waals surface area (Å²) in [7, 11) is 0. The lowest BCUT2D eigenvalue weighted by Gasteiger charge is -2.36. The molecule has 0 unspecified atom stereocenters. The lowest BCUT2D eigenvalue weighted by molar-refractivity contribution is -0.209. The molecule has 2 atom stereocenters. The molecule has 2 aromatic heterocycles. The van der Waals surface area contributed by atoms with Crippen LogP contribution in [0, 0.1) is 5.82 Å². The number of pyridine rings is 1. The fourth-order valence-electron chi connectivity index (χ4n) is 3.56. The lowest BCUT2D eigenvalue weighted by Crippen LogP contribution is -2.48. The summed E-state index contributed by atoms with van der Waals surface area (Å²) in [4.78, 5) is 14.8. The molecule has 7 nitrogen and oxygen atoms in total. The van der Waals surface area contributed by atoms with E-state index in [2.05, 4.69) is 30.0 Å². The summed E-state index contributed by atoms with van der Waals surface area (Å²) in [6.45, 7) is -1.53. The molecule has 15 heteroatoms. The second-order valence-corrected chi connectivity index (χ2v) is 7.57. The molecule has 0 saturated carbocycles. The van der Waals surface area contributed by atoms with E-state index in [0.717, 1.165) is 24.4 Å². The van der Waals surface area contributed by atoms with E-state index in [1.165, 1.54) is 6.07 Å². The van der Waals surface area contributed by atoms with Gasteiger partial charge in [0, 0.05) is 23.9 Å². The normalized spacial score (nSPS) is 20.9. The van der Waals surface area contributed by atoms with Crippen molar-refractivity contribution in [3.63, 3.8) is 0 Å². The van der Waals surface area contributed by atoms with Gasteiger partial charge in [0.15, 0.2) is 17.6 Å². The van der Waals surface area contributed by atoms with Crippen molar-refractivity contribution in [3.8, 4) is 0 Å². The van der Waals surface area contributed by atoms with E-state index in [0.29, 0.717) is 6.20 Å². The number of hydrogen-bond donors (Lipinski definition) is 2. The summed E-state index contributed by atoms with van der Waals surface area (Å²) in [5, 5.41) is 2.69. The predicted molar refractivity (Wildman–Crippen MR) is 107 cm³/mol. The van der Waals surface area contributed by atoms with Crippen LogP contribution >= 0.6 is 0 Å². The Kier molecular flexibility index (Phi) is 5.89. The third kappa shape index (κ3) is 4.74. The molecule has 0 saturated heterocycles. The Morgan fingerprint density at radius 3 is 2.51 bits per heavy atom. The zero-order valence-electron chi connectivity index (χ0n) is 17.3. The summed E-state index contributed by atoms with van der Waals surface area (Å²) in [5.41, 5.74) is 1.02. The van der Waals surface area contributed by atoms with E-state index in [4.69, 9.17) is 5.73 Å². The number of nitrogens with zero attached hydrogens (tertiary/aromatic N) is 4. The van der Waals surface area contributed by atoms with E-state index in [9.17, 15) is 35.1 Å². The van der Waals surface area contributed by atoms with Gasteiger partial charge in [-0.25, -0.2) is 28.7 Å². The molecule has 35 heavy (non-hydrogen) atoms. The third-order valence-corrected chi connectivity index (χ3v) is 5.18. The van der Waals surface area contributed by atoms with E-state index >= 15 is 0 Å². The molecule has 0 radical (unpaired) electrons. The third-order valence-electron chi connectivity index (χ3n) is 5.18. The monoisotopic (exact) mass is 506 g/mol. The summed E-state index contributed by atoms with van der Waals surface area (Å²) in [5.74, 6) is -1.15. The van der Waals surface area contributed by atoms with Gasteiger partial charge in [0.2, 0.25) is 0 Å². The number of aliphatic imine (C=N–C) groups is 1. The van der Waals surface area contributed by atoms with Crippen molar-refractivity contribution in [3.05, 3.63) is 53.7 Å². The summed E-state index contributed by atoms with van der Waals surface area (Å²) in [6, 6.07) is 3.25. The van der Waals surface area contributed by atoms with Crippen molar-refractivity contribution in [1.29, 1.82) is 0 Å². The number of alkyl halides is 7. The van der Waals surface area contributed by atoms with Gasteiger partial charge in [0.05, 0.1) is 11.7 Å². The number of fused-ring (bicyclic) bond motifs is 1. The van der Waals surface area contributed by atoms with Gasteiger partial charge in [-0.05, 0) is 24.3 Å². The van der Waals surface area contributed by atoms with Crippen LogP contribution in [-0.2, 0) is 16.5 Å². The lowest BCUT2D eigenvalue weighted by atomic mass is 9.84. The summed E-state index contributed by atoms with van der Waals surface area (Å²) >= 11 is 0. The van der Waals surface area contributed by atoms with Gasteiger partial charge in [-0.15, -0.1) is 0 Å². The van der Waals surface area contributed by atoms with Gasteiger partial charge in [0.25, 0.3) is 6.02 Å². The quantitative estimate of drug-likeness (QED) is 0.496. The predicted octanol–water partition coefficient (Wildman–Crippen LogP) is 4.76. The van der Waals surface area contributed by atoms with Crippen LogP contribution in [0.3, 0.4) is 0 Å². The van der Waals surface area contributed by atoms with Crippen LogP contribution in [0.1, 0.15) is 17.7 Å². The highest BCUT2D eigenvalue weighted by atomic mass is 19.4. The first kappa shape index (κ1) is 24.3. The van der Waals surface area contributed by atoms with Crippen molar-refractivity contribution in [2.45, 2.75) is 30.4 Å². The second kappa shape index (κ2) is 8.46. The van der Waals surface area contributed by atoms with E-state index in [1.54, 1.807) is 0 Å². The molecule has 1 aliphatic heterocycles. The molecule has 4 rings (SSSR count). The van der Waals surface area contributed by atoms with Gasteiger partial charge >= 0.3 is 12.4 Å². The number of aromatic nitrogens is 3. The molecule has 3 heterocycles. The molecule has 186 valence electrons. The van der Waals surface area contributed by atoms with Crippen molar-refractivity contribution >= 4 is 28.6 Å². The minimum absolute atomic E-state index is 0.0137. The highest BCUT2D eigenvalue weighted by Gasteiger charge is 2.52. The summed E-state index contributed by atoms with van der Waals surface area (Å²) in [6.07, 6.45) is -11.6. The number of halogens is 8. The molecule has 1 aliphatic rings. The first-order valence-corrected chi connectivity index (χ1v) is 9.73.